The van der Waals surface area contributed by atoms with Gasteiger partial charge in [-0.3, -0.25) is 4.79 Å². The number of rotatable bonds is 3. The van der Waals surface area contributed by atoms with E-state index in [9.17, 15) is 4.79 Å². The third-order valence-corrected chi connectivity index (χ3v) is 3.69. The number of carbonyl (C=O) groups is 1. The molecule has 0 aliphatic carbocycles. The fourth-order valence-corrected chi connectivity index (χ4v) is 2.32. The number of carbonyl (C=O) groups excluding carboxylic acids is 1. The molecule has 2 heterocycles. The van der Waals surface area contributed by atoms with Crippen LogP contribution in [0, 0.1) is 0 Å². The molecule has 1 aliphatic rings. The summed E-state index contributed by atoms with van der Waals surface area (Å²) in [5.41, 5.74) is 6.21. The topological polar surface area (TPSA) is 82.2 Å². The van der Waals surface area contributed by atoms with Gasteiger partial charge >= 0.3 is 0 Å². The van der Waals surface area contributed by atoms with E-state index in [1.54, 1.807) is 16.9 Å². The van der Waals surface area contributed by atoms with Crippen molar-refractivity contribution in [1.82, 2.24) is 9.78 Å². The molecule has 0 spiro atoms. The Labute approximate surface area is 122 Å². The molecule has 1 saturated heterocycles. The van der Waals surface area contributed by atoms with Crippen LogP contribution in [0.2, 0.25) is 0 Å². The number of nitrogens with zero attached hydrogens (tertiary/aromatic N) is 2. The van der Waals surface area contributed by atoms with Crippen LogP contribution < -0.4 is 11.1 Å². The maximum atomic E-state index is 12.3. The summed E-state index contributed by atoms with van der Waals surface area (Å²) in [7, 11) is 0. The molecule has 1 fully saturated rings. The van der Waals surface area contributed by atoms with Crippen LogP contribution in [-0.4, -0.2) is 34.4 Å². The van der Waals surface area contributed by atoms with Crippen molar-refractivity contribution >= 4 is 11.7 Å². The van der Waals surface area contributed by atoms with Crippen molar-refractivity contribution in [1.29, 1.82) is 0 Å². The summed E-state index contributed by atoms with van der Waals surface area (Å²) in [6, 6.07) is 11.5. The number of aromatic nitrogens is 2. The maximum Gasteiger partial charge on any atom is 0.245 e. The first-order valence-corrected chi connectivity index (χ1v) is 6.97. The highest BCUT2D eigenvalue weighted by Gasteiger charge is 2.36. The largest absolute Gasteiger partial charge is 0.381 e. The Balaban J connectivity index is 1.71. The van der Waals surface area contributed by atoms with Crippen molar-refractivity contribution in [3.8, 4) is 5.69 Å². The number of para-hydroxylation sites is 1. The van der Waals surface area contributed by atoms with Crippen LogP contribution in [0.1, 0.15) is 12.8 Å². The van der Waals surface area contributed by atoms with Crippen LogP contribution in [0.4, 0.5) is 5.82 Å². The molecule has 0 bridgehead atoms. The van der Waals surface area contributed by atoms with Gasteiger partial charge in [0.2, 0.25) is 5.91 Å². The summed E-state index contributed by atoms with van der Waals surface area (Å²) in [6.45, 7) is 1.03. The maximum absolute atomic E-state index is 12.3. The molecule has 1 aliphatic heterocycles. The first-order valence-electron chi connectivity index (χ1n) is 6.97. The monoisotopic (exact) mass is 286 g/mol. The van der Waals surface area contributed by atoms with Crippen molar-refractivity contribution in [3.05, 3.63) is 42.6 Å². The van der Waals surface area contributed by atoms with Gasteiger partial charge in [-0.15, -0.1) is 0 Å². The summed E-state index contributed by atoms with van der Waals surface area (Å²) in [5.74, 6) is 0.296. The number of hydrogen-bond acceptors (Lipinski definition) is 4. The average Bonchev–Trinajstić information content (AvgIpc) is 2.97. The number of anilines is 1. The van der Waals surface area contributed by atoms with E-state index >= 15 is 0 Å². The van der Waals surface area contributed by atoms with Gasteiger partial charge in [0.15, 0.2) is 5.82 Å². The lowest BCUT2D eigenvalue weighted by Crippen LogP contribution is -2.54. The molecular formula is C15H18N4O2. The minimum atomic E-state index is -0.866. The first kappa shape index (κ1) is 13.8. The minimum absolute atomic E-state index is 0.205. The summed E-state index contributed by atoms with van der Waals surface area (Å²) in [4.78, 5) is 12.3. The van der Waals surface area contributed by atoms with Gasteiger partial charge in [0.25, 0.3) is 0 Å². The van der Waals surface area contributed by atoms with Crippen LogP contribution in [0.25, 0.3) is 5.69 Å². The molecule has 0 saturated carbocycles. The number of ether oxygens (including phenoxy) is 1. The highest BCUT2D eigenvalue weighted by atomic mass is 16.5. The van der Waals surface area contributed by atoms with Gasteiger partial charge < -0.3 is 15.8 Å². The molecule has 21 heavy (non-hydrogen) atoms. The molecule has 2 aromatic rings. The predicted molar refractivity (Wildman–Crippen MR) is 79.2 cm³/mol. The van der Waals surface area contributed by atoms with E-state index in [-0.39, 0.29) is 5.91 Å². The second kappa shape index (κ2) is 5.67. The fraction of sp³-hybridized carbons (Fsp3) is 0.333. The van der Waals surface area contributed by atoms with E-state index in [0.29, 0.717) is 31.9 Å². The van der Waals surface area contributed by atoms with Gasteiger partial charge in [0.05, 0.1) is 5.69 Å². The first-order chi connectivity index (χ1) is 10.2. The summed E-state index contributed by atoms with van der Waals surface area (Å²) >= 11 is 0. The minimum Gasteiger partial charge on any atom is -0.381 e. The van der Waals surface area contributed by atoms with Crippen LogP contribution >= 0.6 is 0 Å². The van der Waals surface area contributed by atoms with E-state index in [1.807, 2.05) is 30.3 Å². The van der Waals surface area contributed by atoms with Crippen molar-refractivity contribution in [2.75, 3.05) is 18.5 Å². The van der Waals surface area contributed by atoms with E-state index in [4.69, 9.17) is 10.5 Å². The van der Waals surface area contributed by atoms with Gasteiger partial charge in [0, 0.05) is 25.5 Å². The average molecular weight is 286 g/mol. The molecule has 6 heteroatoms. The van der Waals surface area contributed by atoms with E-state index < -0.39 is 5.54 Å². The quantitative estimate of drug-likeness (QED) is 0.891. The zero-order chi connectivity index (χ0) is 14.7. The number of hydrogen-bond donors (Lipinski definition) is 2. The summed E-state index contributed by atoms with van der Waals surface area (Å²) in [5, 5.41) is 7.14. The molecule has 0 atom stereocenters. The molecule has 3 rings (SSSR count). The molecule has 6 nitrogen and oxygen atoms in total. The molecule has 1 aromatic heterocycles. The lowest BCUT2D eigenvalue weighted by Gasteiger charge is -2.31. The third-order valence-electron chi connectivity index (χ3n) is 3.69. The van der Waals surface area contributed by atoms with E-state index in [0.717, 1.165) is 5.69 Å². The molecule has 1 amide bonds. The Morgan fingerprint density at radius 1 is 1.24 bits per heavy atom. The number of amides is 1. The number of nitrogens with one attached hydrogen (secondary N) is 1. The number of nitrogens with two attached hydrogens (primary N) is 1. The second-order valence-corrected chi connectivity index (χ2v) is 5.20. The molecule has 3 N–H and O–H groups in total. The Bertz CT molecular complexity index is 618. The standard InChI is InChI=1S/C15H18N4O2/c16-15(7-10-21-11-8-15)14(20)17-13-6-9-19(18-13)12-4-2-1-3-5-12/h1-6,9H,7-8,10-11,16H2,(H,17,18,20). The van der Waals surface area contributed by atoms with Crippen LogP contribution in [-0.2, 0) is 9.53 Å². The van der Waals surface area contributed by atoms with E-state index in [1.165, 1.54) is 0 Å². The van der Waals surface area contributed by atoms with Gasteiger partial charge in [-0.25, -0.2) is 4.68 Å². The molecular weight excluding hydrogens is 268 g/mol. The zero-order valence-electron chi connectivity index (χ0n) is 11.7. The van der Waals surface area contributed by atoms with Crippen LogP contribution in [0.15, 0.2) is 42.6 Å². The Kier molecular flexibility index (Phi) is 3.72. The lowest BCUT2D eigenvalue weighted by molar-refractivity contribution is -0.124. The smallest absolute Gasteiger partial charge is 0.245 e. The molecule has 1 aromatic carbocycles. The summed E-state index contributed by atoms with van der Waals surface area (Å²) < 4.78 is 6.96. The SMILES string of the molecule is NC1(C(=O)Nc2ccn(-c3ccccc3)n2)CCOCC1. The van der Waals surface area contributed by atoms with Crippen LogP contribution in [0.3, 0.4) is 0 Å². The normalized spacial score (nSPS) is 17.4. The van der Waals surface area contributed by atoms with Gasteiger partial charge in [-0.1, -0.05) is 18.2 Å². The summed E-state index contributed by atoms with van der Waals surface area (Å²) in [6.07, 6.45) is 2.86. The van der Waals surface area contributed by atoms with Crippen LogP contribution in [0.5, 0.6) is 0 Å². The Hall–Kier alpha value is -2.18. The highest BCUT2D eigenvalue weighted by molar-refractivity contribution is 5.97. The van der Waals surface area contributed by atoms with Gasteiger partial charge in [0.1, 0.15) is 5.54 Å². The molecule has 0 radical (unpaired) electrons. The third kappa shape index (κ3) is 2.96. The fourth-order valence-electron chi connectivity index (χ4n) is 2.32. The second-order valence-electron chi connectivity index (χ2n) is 5.20. The lowest BCUT2D eigenvalue weighted by atomic mass is 9.90. The molecule has 0 unspecified atom stereocenters. The Morgan fingerprint density at radius 3 is 2.67 bits per heavy atom. The number of benzene rings is 1. The van der Waals surface area contributed by atoms with Crippen molar-refractivity contribution in [2.24, 2.45) is 5.73 Å². The van der Waals surface area contributed by atoms with Gasteiger partial charge in [-0.05, 0) is 25.0 Å². The highest BCUT2D eigenvalue weighted by Crippen LogP contribution is 2.20. The zero-order valence-corrected chi connectivity index (χ0v) is 11.7. The molecule has 110 valence electrons. The van der Waals surface area contributed by atoms with Gasteiger partial charge in [-0.2, -0.15) is 5.10 Å². The van der Waals surface area contributed by atoms with Crippen molar-refractivity contribution in [3.63, 3.8) is 0 Å². The van der Waals surface area contributed by atoms with E-state index in [2.05, 4.69) is 10.4 Å². The van der Waals surface area contributed by atoms with Crippen molar-refractivity contribution < 1.29 is 9.53 Å². The Morgan fingerprint density at radius 2 is 1.95 bits per heavy atom. The van der Waals surface area contributed by atoms with Crippen molar-refractivity contribution in [2.45, 2.75) is 18.4 Å². The predicted octanol–water partition coefficient (Wildman–Crippen LogP) is 1.32.